The van der Waals surface area contributed by atoms with Gasteiger partial charge in [0.25, 0.3) is 0 Å². The van der Waals surface area contributed by atoms with Gasteiger partial charge in [-0.1, -0.05) is 60.7 Å². The second-order valence-corrected chi connectivity index (χ2v) is 7.97. The lowest BCUT2D eigenvalue weighted by Gasteiger charge is -2.32. The molecule has 3 rings (SSSR count). The van der Waals surface area contributed by atoms with E-state index >= 15 is 0 Å². The predicted octanol–water partition coefficient (Wildman–Crippen LogP) is 4.59. The van der Waals surface area contributed by atoms with E-state index in [-0.39, 0.29) is 24.3 Å². The summed E-state index contributed by atoms with van der Waals surface area (Å²) in [6.07, 6.45) is 3.28. The van der Waals surface area contributed by atoms with Crippen LogP contribution < -0.4 is 0 Å². The van der Waals surface area contributed by atoms with Crippen molar-refractivity contribution in [1.82, 2.24) is 4.90 Å². The quantitative estimate of drug-likeness (QED) is 0.585. The van der Waals surface area contributed by atoms with Crippen LogP contribution in [0.15, 0.2) is 60.7 Å². The molecule has 1 atom stereocenters. The highest BCUT2D eigenvalue weighted by Crippen LogP contribution is 2.28. The Morgan fingerprint density at radius 1 is 1.00 bits per heavy atom. The molecule has 1 saturated heterocycles. The van der Waals surface area contributed by atoms with Crippen molar-refractivity contribution in [3.05, 3.63) is 71.8 Å². The summed E-state index contributed by atoms with van der Waals surface area (Å²) in [5.74, 6) is 0.215. The lowest BCUT2D eigenvalue weighted by molar-refractivity contribution is -0.141. The van der Waals surface area contributed by atoms with Crippen molar-refractivity contribution in [2.24, 2.45) is 5.92 Å². The fraction of sp³-hybridized carbons (Fsp3) is 0.440. The van der Waals surface area contributed by atoms with Crippen molar-refractivity contribution in [3.63, 3.8) is 0 Å². The smallest absolute Gasteiger partial charge is 0.302 e. The van der Waals surface area contributed by atoms with Crippen molar-refractivity contribution in [1.29, 1.82) is 0 Å². The van der Waals surface area contributed by atoms with E-state index in [9.17, 15) is 9.59 Å². The lowest BCUT2D eigenvalue weighted by atomic mass is 9.84. The first kappa shape index (κ1) is 21.3. The number of rotatable bonds is 9. The van der Waals surface area contributed by atoms with Gasteiger partial charge in [0.15, 0.2) is 0 Å². The van der Waals surface area contributed by atoms with Gasteiger partial charge >= 0.3 is 5.97 Å². The average Bonchev–Trinajstić information content (AvgIpc) is 2.74. The number of esters is 1. The standard InChI is InChI=1S/C25H31NO3/c1-20(27)29-17-14-24(23-10-6-3-7-11-23)25(28)18-21-12-15-26(16-13-21)19-22-8-4-2-5-9-22/h2-11,21,24H,12-19H2,1H3. The molecule has 4 nitrogen and oxygen atoms in total. The topological polar surface area (TPSA) is 46.6 Å². The summed E-state index contributed by atoms with van der Waals surface area (Å²) in [7, 11) is 0. The van der Waals surface area contributed by atoms with Gasteiger partial charge in [0, 0.05) is 25.8 Å². The molecule has 0 amide bonds. The zero-order chi connectivity index (χ0) is 20.5. The van der Waals surface area contributed by atoms with Crippen LogP contribution in [0.2, 0.25) is 0 Å². The summed E-state index contributed by atoms with van der Waals surface area (Å²) < 4.78 is 5.11. The fourth-order valence-electron chi connectivity index (χ4n) is 4.14. The minimum atomic E-state index is -0.296. The van der Waals surface area contributed by atoms with Crippen LogP contribution in [-0.4, -0.2) is 36.3 Å². The molecule has 2 aromatic rings. The maximum absolute atomic E-state index is 13.1. The maximum Gasteiger partial charge on any atom is 0.302 e. The number of Topliss-reactive ketones (excluding diaryl/α,β-unsaturated/α-hetero) is 1. The summed E-state index contributed by atoms with van der Waals surface area (Å²) >= 11 is 0. The summed E-state index contributed by atoms with van der Waals surface area (Å²) in [5.41, 5.74) is 2.36. The first-order valence-electron chi connectivity index (χ1n) is 10.6. The van der Waals surface area contributed by atoms with Gasteiger partial charge in [-0.05, 0) is 49.4 Å². The number of nitrogens with zero attached hydrogens (tertiary/aromatic N) is 1. The summed E-state index contributed by atoms with van der Waals surface area (Å²) in [6, 6.07) is 20.4. The van der Waals surface area contributed by atoms with Crippen LogP contribution in [0.3, 0.4) is 0 Å². The summed E-state index contributed by atoms with van der Waals surface area (Å²) in [5, 5.41) is 0. The van der Waals surface area contributed by atoms with E-state index in [1.807, 2.05) is 36.4 Å². The minimum Gasteiger partial charge on any atom is -0.466 e. The van der Waals surface area contributed by atoms with E-state index in [0.717, 1.165) is 38.0 Å². The molecule has 0 N–H and O–H groups in total. The number of hydrogen-bond acceptors (Lipinski definition) is 4. The third kappa shape index (κ3) is 6.82. The molecule has 154 valence electrons. The van der Waals surface area contributed by atoms with Crippen molar-refractivity contribution < 1.29 is 14.3 Å². The average molecular weight is 394 g/mol. The SMILES string of the molecule is CC(=O)OCCC(C(=O)CC1CCN(Cc2ccccc2)CC1)c1ccccc1. The number of piperidine rings is 1. The minimum absolute atomic E-state index is 0.196. The largest absolute Gasteiger partial charge is 0.466 e. The van der Waals surface area contributed by atoms with E-state index in [1.165, 1.54) is 12.5 Å². The highest BCUT2D eigenvalue weighted by atomic mass is 16.5. The van der Waals surface area contributed by atoms with Gasteiger partial charge in [-0.25, -0.2) is 0 Å². The molecule has 0 bridgehead atoms. The Bertz CT molecular complexity index is 767. The molecule has 0 radical (unpaired) electrons. The van der Waals surface area contributed by atoms with Crippen LogP contribution in [0.25, 0.3) is 0 Å². The normalized spacial score (nSPS) is 16.3. The molecule has 0 aliphatic carbocycles. The van der Waals surface area contributed by atoms with Crippen LogP contribution in [-0.2, 0) is 20.9 Å². The third-order valence-corrected chi connectivity index (χ3v) is 5.75. The van der Waals surface area contributed by atoms with Crippen molar-refractivity contribution in [2.45, 2.75) is 45.1 Å². The molecule has 29 heavy (non-hydrogen) atoms. The molecule has 1 heterocycles. The van der Waals surface area contributed by atoms with Crippen LogP contribution in [0.5, 0.6) is 0 Å². The molecular weight excluding hydrogens is 362 g/mol. The molecule has 0 saturated carbocycles. The zero-order valence-electron chi connectivity index (χ0n) is 17.3. The van der Waals surface area contributed by atoms with Gasteiger partial charge in [0.05, 0.1) is 6.61 Å². The number of hydrogen-bond donors (Lipinski definition) is 0. The number of likely N-dealkylation sites (tertiary alicyclic amines) is 1. The second kappa shape index (κ2) is 10.9. The highest BCUT2D eigenvalue weighted by molar-refractivity contribution is 5.86. The third-order valence-electron chi connectivity index (χ3n) is 5.75. The van der Waals surface area contributed by atoms with Crippen LogP contribution in [0.4, 0.5) is 0 Å². The Morgan fingerprint density at radius 3 is 2.24 bits per heavy atom. The van der Waals surface area contributed by atoms with E-state index in [4.69, 9.17) is 4.74 Å². The number of ketones is 1. The molecule has 0 aromatic heterocycles. The van der Waals surface area contributed by atoms with Gasteiger partial charge < -0.3 is 4.74 Å². The van der Waals surface area contributed by atoms with Crippen LogP contribution in [0, 0.1) is 5.92 Å². The number of ether oxygens (including phenoxy) is 1. The number of carbonyl (C=O) groups is 2. The lowest BCUT2D eigenvalue weighted by Crippen LogP contribution is -2.34. The molecule has 1 aliphatic rings. The Labute approximate surface area is 173 Å². The van der Waals surface area contributed by atoms with Crippen LogP contribution >= 0.6 is 0 Å². The van der Waals surface area contributed by atoms with Gasteiger partial charge in [0.1, 0.15) is 5.78 Å². The fourth-order valence-corrected chi connectivity index (χ4v) is 4.14. The number of carbonyl (C=O) groups excluding carboxylic acids is 2. The van der Waals surface area contributed by atoms with Crippen molar-refractivity contribution in [2.75, 3.05) is 19.7 Å². The van der Waals surface area contributed by atoms with Crippen LogP contribution in [0.1, 0.15) is 49.7 Å². The summed E-state index contributed by atoms with van der Waals surface area (Å²) in [4.78, 5) is 26.7. The molecule has 1 unspecified atom stereocenters. The molecule has 1 fully saturated rings. The first-order valence-corrected chi connectivity index (χ1v) is 10.6. The Hall–Kier alpha value is -2.46. The van der Waals surface area contributed by atoms with Gasteiger partial charge in [-0.2, -0.15) is 0 Å². The van der Waals surface area contributed by atoms with E-state index in [0.29, 0.717) is 18.8 Å². The zero-order valence-corrected chi connectivity index (χ0v) is 17.3. The monoisotopic (exact) mass is 393 g/mol. The Balaban J connectivity index is 1.52. The Morgan fingerprint density at radius 2 is 1.62 bits per heavy atom. The van der Waals surface area contributed by atoms with Crippen molar-refractivity contribution in [3.8, 4) is 0 Å². The van der Waals surface area contributed by atoms with E-state index < -0.39 is 0 Å². The first-order chi connectivity index (χ1) is 14.1. The van der Waals surface area contributed by atoms with E-state index in [2.05, 4.69) is 29.2 Å². The number of benzene rings is 2. The maximum atomic E-state index is 13.1. The molecule has 0 spiro atoms. The molecular formula is C25H31NO3. The van der Waals surface area contributed by atoms with E-state index in [1.54, 1.807) is 0 Å². The summed E-state index contributed by atoms with van der Waals surface area (Å²) in [6.45, 7) is 4.75. The molecule has 2 aromatic carbocycles. The van der Waals surface area contributed by atoms with Gasteiger partial charge in [0.2, 0.25) is 0 Å². The van der Waals surface area contributed by atoms with Gasteiger partial charge in [-0.3, -0.25) is 14.5 Å². The Kier molecular flexibility index (Phi) is 8.00. The second-order valence-electron chi connectivity index (χ2n) is 7.97. The van der Waals surface area contributed by atoms with Crippen molar-refractivity contribution >= 4 is 11.8 Å². The highest BCUT2D eigenvalue weighted by Gasteiger charge is 2.26. The van der Waals surface area contributed by atoms with Gasteiger partial charge in [-0.15, -0.1) is 0 Å². The predicted molar refractivity (Wildman–Crippen MR) is 115 cm³/mol. The molecule has 4 heteroatoms. The molecule has 1 aliphatic heterocycles.